The van der Waals surface area contributed by atoms with Crippen LogP contribution in [0.5, 0.6) is 0 Å². The van der Waals surface area contributed by atoms with E-state index < -0.39 is 0 Å². The number of amides is 1. The minimum absolute atomic E-state index is 0.0795. The second-order valence-corrected chi connectivity index (χ2v) is 4.95. The molecule has 1 N–H and O–H groups in total. The molecule has 0 aromatic heterocycles. The lowest BCUT2D eigenvalue weighted by atomic mass is 10.0. The molecule has 1 fully saturated rings. The molecule has 0 radical (unpaired) electrons. The number of aliphatic hydroxyl groups excluding tert-OH is 1. The van der Waals surface area contributed by atoms with Crippen molar-refractivity contribution in [1.82, 2.24) is 4.90 Å². The highest BCUT2D eigenvalue weighted by molar-refractivity contribution is 6.31. The molecule has 2 rings (SSSR count). The zero-order valence-corrected chi connectivity index (χ0v) is 10.9. The first-order valence-corrected chi connectivity index (χ1v) is 6.38. The average molecular weight is 266 g/mol. The first-order valence-electron chi connectivity index (χ1n) is 6.00. The van der Waals surface area contributed by atoms with Crippen LogP contribution in [0.3, 0.4) is 0 Å². The van der Waals surface area contributed by atoms with Gasteiger partial charge in [-0.2, -0.15) is 0 Å². The maximum atomic E-state index is 12.2. The molecule has 0 unspecified atom stereocenters. The van der Waals surface area contributed by atoms with Crippen molar-refractivity contribution in [3.63, 3.8) is 0 Å². The molecule has 0 atom stereocenters. The number of piperidine rings is 1. The number of nitrogens with zero attached hydrogens (tertiary/aromatic N) is 1. The van der Waals surface area contributed by atoms with Gasteiger partial charge in [-0.05, 0) is 30.5 Å². The van der Waals surface area contributed by atoms with E-state index in [1.165, 1.54) is 0 Å². The number of aliphatic hydroxyl groups is 1. The van der Waals surface area contributed by atoms with Gasteiger partial charge in [0.05, 0.1) is 6.10 Å². The van der Waals surface area contributed by atoms with Gasteiger partial charge in [0.2, 0.25) is 0 Å². The van der Waals surface area contributed by atoms with Crippen molar-refractivity contribution in [3.8, 4) is 0 Å². The fourth-order valence-electron chi connectivity index (χ4n) is 2.06. The fraction of sp³-hybridized carbons (Fsp3) is 0.357. The van der Waals surface area contributed by atoms with Crippen LogP contribution in [0.15, 0.2) is 30.8 Å². The molecular weight excluding hydrogens is 250 g/mol. The Bertz CT molecular complexity index is 465. The minimum atomic E-state index is -0.284. The van der Waals surface area contributed by atoms with Crippen LogP contribution in [-0.2, 0) is 4.79 Å². The van der Waals surface area contributed by atoms with E-state index >= 15 is 0 Å². The third-order valence-corrected chi connectivity index (χ3v) is 3.42. The van der Waals surface area contributed by atoms with E-state index in [0.717, 1.165) is 5.56 Å². The van der Waals surface area contributed by atoms with Crippen LogP contribution < -0.4 is 0 Å². The normalized spacial score (nSPS) is 16.7. The summed E-state index contributed by atoms with van der Waals surface area (Å²) in [6, 6.07) is 7.13. The third kappa shape index (κ3) is 2.92. The molecular formula is C14H16ClNO2. The molecule has 1 aromatic carbocycles. The molecule has 0 bridgehead atoms. The lowest BCUT2D eigenvalue weighted by Crippen LogP contribution is -2.40. The molecule has 1 aliphatic rings. The van der Waals surface area contributed by atoms with Crippen LogP contribution in [0.4, 0.5) is 0 Å². The summed E-state index contributed by atoms with van der Waals surface area (Å²) in [6.45, 7) is 5.01. The maximum absolute atomic E-state index is 12.2. The van der Waals surface area contributed by atoms with E-state index in [-0.39, 0.29) is 12.0 Å². The number of hydrogen-bond acceptors (Lipinski definition) is 2. The van der Waals surface area contributed by atoms with Gasteiger partial charge < -0.3 is 10.0 Å². The van der Waals surface area contributed by atoms with Gasteiger partial charge in [-0.3, -0.25) is 4.79 Å². The summed E-state index contributed by atoms with van der Waals surface area (Å²) in [5.41, 5.74) is 1.20. The topological polar surface area (TPSA) is 40.5 Å². The van der Waals surface area contributed by atoms with Crippen molar-refractivity contribution in [1.29, 1.82) is 0 Å². The lowest BCUT2D eigenvalue weighted by molar-refractivity contribution is -0.126. The molecule has 18 heavy (non-hydrogen) atoms. The summed E-state index contributed by atoms with van der Waals surface area (Å²) in [4.78, 5) is 14.0. The highest BCUT2D eigenvalue weighted by atomic mass is 35.5. The van der Waals surface area contributed by atoms with Gasteiger partial charge >= 0.3 is 0 Å². The first kappa shape index (κ1) is 13.1. The molecule has 1 saturated heterocycles. The number of benzene rings is 1. The number of likely N-dealkylation sites (tertiary alicyclic amines) is 1. The Morgan fingerprint density at radius 3 is 2.67 bits per heavy atom. The zero-order chi connectivity index (χ0) is 13.1. The largest absolute Gasteiger partial charge is 0.393 e. The van der Waals surface area contributed by atoms with Gasteiger partial charge in [0.1, 0.15) is 0 Å². The Morgan fingerprint density at radius 2 is 2.06 bits per heavy atom. The molecule has 1 aromatic rings. The average Bonchev–Trinajstić information content (AvgIpc) is 2.38. The third-order valence-electron chi connectivity index (χ3n) is 3.18. The molecule has 1 aliphatic heterocycles. The van der Waals surface area contributed by atoms with E-state index in [2.05, 4.69) is 6.58 Å². The lowest BCUT2D eigenvalue weighted by Gasteiger charge is -2.30. The standard InChI is InChI=1S/C14H16ClNO2/c1-10(11-3-2-4-12(15)9-11)14(18)16-7-5-13(17)6-8-16/h2-4,9,13,17H,1,5-8H2. The molecule has 1 heterocycles. The second kappa shape index (κ2) is 5.55. The highest BCUT2D eigenvalue weighted by Gasteiger charge is 2.23. The van der Waals surface area contributed by atoms with Crippen LogP contribution >= 0.6 is 11.6 Å². The van der Waals surface area contributed by atoms with E-state index in [1.807, 2.05) is 6.07 Å². The van der Waals surface area contributed by atoms with Crippen LogP contribution in [0.1, 0.15) is 18.4 Å². The predicted molar refractivity (Wildman–Crippen MR) is 72.3 cm³/mol. The van der Waals surface area contributed by atoms with E-state index in [4.69, 9.17) is 11.6 Å². The Balaban J connectivity index is 2.07. The Hall–Kier alpha value is -1.32. The molecule has 0 aliphatic carbocycles. The quantitative estimate of drug-likeness (QED) is 0.834. The van der Waals surface area contributed by atoms with E-state index in [1.54, 1.807) is 23.1 Å². The summed E-state index contributed by atoms with van der Waals surface area (Å²) >= 11 is 5.90. The van der Waals surface area contributed by atoms with Crippen molar-refractivity contribution in [2.45, 2.75) is 18.9 Å². The molecule has 1 amide bonds. The Labute approximate surface area is 112 Å². The molecule has 4 heteroatoms. The zero-order valence-electron chi connectivity index (χ0n) is 10.1. The summed E-state index contributed by atoms with van der Waals surface area (Å²) in [5, 5.41) is 10.0. The monoisotopic (exact) mass is 265 g/mol. The number of carbonyl (C=O) groups is 1. The SMILES string of the molecule is C=C(C(=O)N1CCC(O)CC1)c1cccc(Cl)c1. The van der Waals surface area contributed by atoms with Crippen molar-refractivity contribution < 1.29 is 9.90 Å². The molecule has 0 saturated carbocycles. The van der Waals surface area contributed by atoms with Gasteiger partial charge in [0.25, 0.3) is 5.91 Å². The van der Waals surface area contributed by atoms with Crippen molar-refractivity contribution in [3.05, 3.63) is 41.4 Å². The van der Waals surface area contributed by atoms with E-state index in [9.17, 15) is 9.90 Å². The van der Waals surface area contributed by atoms with Crippen molar-refractivity contribution in [2.24, 2.45) is 0 Å². The van der Waals surface area contributed by atoms with Crippen molar-refractivity contribution >= 4 is 23.1 Å². The summed E-state index contributed by atoms with van der Waals surface area (Å²) < 4.78 is 0. The van der Waals surface area contributed by atoms with Gasteiger partial charge in [-0.25, -0.2) is 0 Å². The van der Waals surface area contributed by atoms with Gasteiger partial charge in [-0.15, -0.1) is 0 Å². The van der Waals surface area contributed by atoms with Gasteiger partial charge in [-0.1, -0.05) is 30.3 Å². The number of rotatable bonds is 2. The first-order chi connectivity index (χ1) is 8.58. The highest BCUT2D eigenvalue weighted by Crippen LogP contribution is 2.21. The Kier molecular flexibility index (Phi) is 4.04. The smallest absolute Gasteiger partial charge is 0.253 e. The van der Waals surface area contributed by atoms with Gasteiger partial charge in [0.15, 0.2) is 0 Å². The van der Waals surface area contributed by atoms with E-state index in [0.29, 0.717) is 36.5 Å². The number of halogens is 1. The number of hydrogen-bond donors (Lipinski definition) is 1. The Morgan fingerprint density at radius 1 is 1.39 bits per heavy atom. The molecule has 0 spiro atoms. The summed E-state index contributed by atoms with van der Waals surface area (Å²) in [5.74, 6) is -0.0795. The van der Waals surface area contributed by atoms with Crippen LogP contribution in [0, 0.1) is 0 Å². The fourth-order valence-corrected chi connectivity index (χ4v) is 2.25. The van der Waals surface area contributed by atoms with Crippen molar-refractivity contribution in [2.75, 3.05) is 13.1 Å². The second-order valence-electron chi connectivity index (χ2n) is 4.51. The minimum Gasteiger partial charge on any atom is -0.393 e. The number of carbonyl (C=O) groups excluding carboxylic acids is 1. The van der Waals surface area contributed by atoms with Gasteiger partial charge in [0, 0.05) is 23.7 Å². The summed E-state index contributed by atoms with van der Waals surface area (Å²) in [7, 11) is 0. The van der Waals surface area contributed by atoms with Crippen LogP contribution in [0.2, 0.25) is 5.02 Å². The molecule has 3 nitrogen and oxygen atoms in total. The summed E-state index contributed by atoms with van der Waals surface area (Å²) in [6.07, 6.45) is 0.983. The maximum Gasteiger partial charge on any atom is 0.253 e. The van der Waals surface area contributed by atoms with Crippen LogP contribution in [0.25, 0.3) is 5.57 Å². The van der Waals surface area contributed by atoms with Crippen LogP contribution in [-0.4, -0.2) is 35.1 Å². The molecule has 96 valence electrons. The predicted octanol–water partition coefficient (Wildman–Crippen LogP) is 2.34.